The summed E-state index contributed by atoms with van der Waals surface area (Å²) in [5.41, 5.74) is 1.40. The quantitative estimate of drug-likeness (QED) is 0.515. The Morgan fingerprint density at radius 2 is 1.67 bits per heavy atom. The van der Waals surface area contributed by atoms with Crippen LogP contribution in [0.25, 0.3) is 0 Å². The third kappa shape index (κ3) is 7.02. The van der Waals surface area contributed by atoms with Gasteiger partial charge in [-0.1, -0.05) is 28.1 Å². The minimum Gasteiger partial charge on any atom is -0.490 e. The number of carbonyl (C=O) groups is 2. The van der Waals surface area contributed by atoms with Crippen molar-refractivity contribution in [1.29, 1.82) is 0 Å². The number of rotatable bonds is 10. The molecule has 0 radical (unpaired) electrons. The molecule has 30 heavy (non-hydrogen) atoms. The zero-order valence-electron chi connectivity index (χ0n) is 17.2. The largest absolute Gasteiger partial charge is 0.490 e. The molecule has 0 aromatic heterocycles. The third-order valence-corrected chi connectivity index (χ3v) is 4.84. The smallest absolute Gasteiger partial charge is 0.311 e. The van der Waals surface area contributed by atoms with Crippen molar-refractivity contribution in [3.05, 3.63) is 57.8 Å². The van der Waals surface area contributed by atoms with E-state index in [1.807, 2.05) is 13.8 Å². The molecular weight excluding hydrogens is 457 g/mol. The Bertz CT molecular complexity index is 873. The summed E-state index contributed by atoms with van der Waals surface area (Å²) < 4.78 is 30.0. The van der Waals surface area contributed by atoms with Gasteiger partial charge in [0.15, 0.2) is 17.6 Å². The van der Waals surface area contributed by atoms with Crippen LogP contribution in [0, 0.1) is 5.82 Å². The summed E-state index contributed by atoms with van der Waals surface area (Å²) in [4.78, 5) is 24.5. The number of ether oxygens (including phenoxy) is 3. The predicted octanol–water partition coefficient (Wildman–Crippen LogP) is 4.18. The molecule has 1 amide bonds. The molecule has 162 valence electrons. The molecule has 2 aromatic rings. The van der Waals surface area contributed by atoms with Crippen molar-refractivity contribution >= 4 is 27.8 Å². The Labute approximate surface area is 183 Å². The maximum absolute atomic E-state index is 12.9. The van der Waals surface area contributed by atoms with Gasteiger partial charge in [-0.05, 0) is 56.2 Å². The molecule has 0 saturated heterocycles. The highest BCUT2D eigenvalue weighted by molar-refractivity contribution is 9.10. The van der Waals surface area contributed by atoms with Gasteiger partial charge in [0.1, 0.15) is 5.82 Å². The highest BCUT2D eigenvalue weighted by Gasteiger charge is 2.20. The lowest BCUT2D eigenvalue weighted by Crippen LogP contribution is -2.35. The summed E-state index contributed by atoms with van der Waals surface area (Å²) in [5, 5.41) is 2.66. The lowest BCUT2D eigenvalue weighted by atomic mass is 10.1. The molecule has 8 heteroatoms. The van der Waals surface area contributed by atoms with Crippen LogP contribution in [0.5, 0.6) is 11.5 Å². The van der Waals surface area contributed by atoms with Crippen LogP contribution >= 0.6 is 15.9 Å². The fraction of sp³-hybridized carbons (Fsp3) is 0.364. The predicted molar refractivity (Wildman–Crippen MR) is 114 cm³/mol. The fourth-order valence-electron chi connectivity index (χ4n) is 2.63. The first-order valence-electron chi connectivity index (χ1n) is 9.63. The van der Waals surface area contributed by atoms with Crippen LogP contribution in [0.2, 0.25) is 0 Å². The van der Waals surface area contributed by atoms with Gasteiger partial charge in [-0.25, -0.2) is 4.39 Å². The van der Waals surface area contributed by atoms with E-state index in [9.17, 15) is 14.0 Å². The number of hydrogen-bond donors (Lipinski definition) is 1. The lowest BCUT2D eigenvalue weighted by molar-refractivity contribution is -0.154. The summed E-state index contributed by atoms with van der Waals surface area (Å²) in [6.07, 6.45) is -1.01. The molecule has 2 rings (SSSR count). The van der Waals surface area contributed by atoms with E-state index >= 15 is 0 Å². The molecule has 1 unspecified atom stereocenters. The average molecular weight is 482 g/mol. The number of hydrogen-bond acceptors (Lipinski definition) is 5. The molecule has 0 fully saturated rings. The highest BCUT2D eigenvalue weighted by Crippen LogP contribution is 2.34. The Hall–Kier alpha value is -2.61. The van der Waals surface area contributed by atoms with Gasteiger partial charge in [-0.2, -0.15) is 0 Å². The van der Waals surface area contributed by atoms with Crippen LogP contribution in [-0.2, 0) is 27.3 Å². The van der Waals surface area contributed by atoms with E-state index in [0.717, 1.165) is 5.56 Å². The molecule has 0 bridgehead atoms. The van der Waals surface area contributed by atoms with Crippen LogP contribution in [0.4, 0.5) is 4.39 Å². The van der Waals surface area contributed by atoms with Gasteiger partial charge in [0, 0.05) is 11.0 Å². The molecule has 0 aliphatic carbocycles. The highest BCUT2D eigenvalue weighted by atomic mass is 79.9. The van der Waals surface area contributed by atoms with Crippen molar-refractivity contribution in [2.45, 2.75) is 39.8 Å². The molecule has 2 aromatic carbocycles. The van der Waals surface area contributed by atoms with E-state index in [0.29, 0.717) is 34.7 Å². The summed E-state index contributed by atoms with van der Waals surface area (Å²) in [6, 6.07) is 9.25. The van der Waals surface area contributed by atoms with Gasteiger partial charge in [-0.15, -0.1) is 0 Å². The molecular formula is C22H25BrFNO5. The number of nitrogens with one attached hydrogen (secondary N) is 1. The first-order chi connectivity index (χ1) is 14.3. The van der Waals surface area contributed by atoms with Crippen molar-refractivity contribution in [2.24, 2.45) is 0 Å². The number of halogens is 2. The van der Waals surface area contributed by atoms with Crippen molar-refractivity contribution in [2.75, 3.05) is 13.2 Å². The minimum absolute atomic E-state index is 0.0390. The lowest BCUT2D eigenvalue weighted by Gasteiger charge is -2.16. The van der Waals surface area contributed by atoms with Crippen molar-refractivity contribution in [1.82, 2.24) is 5.32 Å². The van der Waals surface area contributed by atoms with Crippen LogP contribution in [0.1, 0.15) is 31.9 Å². The van der Waals surface area contributed by atoms with Crippen LogP contribution in [-0.4, -0.2) is 31.2 Å². The Morgan fingerprint density at radius 1 is 1.07 bits per heavy atom. The maximum atomic E-state index is 12.9. The van der Waals surface area contributed by atoms with Crippen LogP contribution < -0.4 is 14.8 Å². The second-order valence-corrected chi connectivity index (χ2v) is 7.26. The summed E-state index contributed by atoms with van der Waals surface area (Å²) in [6.45, 7) is 6.38. The number of esters is 1. The van der Waals surface area contributed by atoms with E-state index in [4.69, 9.17) is 14.2 Å². The van der Waals surface area contributed by atoms with Crippen molar-refractivity contribution in [3.8, 4) is 11.5 Å². The second kappa shape index (κ2) is 11.5. The third-order valence-electron chi connectivity index (χ3n) is 4.10. The summed E-state index contributed by atoms with van der Waals surface area (Å²) in [5.74, 6) is -0.215. The van der Waals surface area contributed by atoms with E-state index in [1.165, 1.54) is 19.1 Å². The molecule has 1 atom stereocenters. The first kappa shape index (κ1) is 23.7. The van der Waals surface area contributed by atoms with Crippen LogP contribution in [0.3, 0.4) is 0 Å². The van der Waals surface area contributed by atoms with Crippen molar-refractivity contribution < 1.29 is 28.2 Å². The Balaban J connectivity index is 1.94. The zero-order valence-corrected chi connectivity index (χ0v) is 18.8. The molecule has 0 spiro atoms. The van der Waals surface area contributed by atoms with Gasteiger partial charge in [0.2, 0.25) is 0 Å². The minimum atomic E-state index is -0.967. The van der Waals surface area contributed by atoms with E-state index in [2.05, 4.69) is 21.2 Å². The number of carbonyl (C=O) groups excluding carboxylic acids is 2. The van der Waals surface area contributed by atoms with Gasteiger partial charge in [0.05, 0.1) is 19.6 Å². The van der Waals surface area contributed by atoms with Gasteiger partial charge < -0.3 is 19.5 Å². The monoisotopic (exact) mass is 481 g/mol. The fourth-order valence-corrected chi connectivity index (χ4v) is 3.09. The van der Waals surface area contributed by atoms with Crippen molar-refractivity contribution in [3.63, 3.8) is 0 Å². The van der Waals surface area contributed by atoms with Gasteiger partial charge in [0.25, 0.3) is 5.91 Å². The zero-order chi connectivity index (χ0) is 22.1. The molecule has 1 N–H and O–H groups in total. The average Bonchev–Trinajstić information content (AvgIpc) is 2.70. The molecule has 0 heterocycles. The van der Waals surface area contributed by atoms with E-state index in [-0.39, 0.29) is 18.8 Å². The number of amides is 1. The Kier molecular flexibility index (Phi) is 9.11. The van der Waals surface area contributed by atoms with E-state index < -0.39 is 18.0 Å². The summed E-state index contributed by atoms with van der Waals surface area (Å²) in [7, 11) is 0. The molecule has 0 saturated carbocycles. The van der Waals surface area contributed by atoms with Gasteiger partial charge >= 0.3 is 5.97 Å². The number of benzene rings is 2. The second-order valence-electron chi connectivity index (χ2n) is 6.41. The summed E-state index contributed by atoms with van der Waals surface area (Å²) >= 11 is 3.43. The SMILES string of the molecule is CCOc1cc(Br)c(CC(=O)OC(C)C(=O)NCc2ccc(F)cc2)cc1OCC. The molecule has 6 nitrogen and oxygen atoms in total. The topological polar surface area (TPSA) is 73.9 Å². The van der Waals surface area contributed by atoms with E-state index in [1.54, 1.807) is 24.3 Å². The maximum Gasteiger partial charge on any atom is 0.311 e. The first-order valence-corrected chi connectivity index (χ1v) is 10.4. The Morgan fingerprint density at radius 3 is 2.27 bits per heavy atom. The normalized spacial score (nSPS) is 11.5. The molecule has 0 aliphatic rings. The van der Waals surface area contributed by atoms with Crippen LogP contribution in [0.15, 0.2) is 40.9 Å². The van der Waals surface area contributed by atoms with Gasteiger partial charge in [-0.3, -0.25) is 9.59 Å². The standard InChI is InChI=1S/C22H25BrFNO5/c1-4-28-19-10-16(18(23)12-20(19)29-5-2)11-21(26)30-14(3)22(27)25-13-15-6-8-17(24)9-7-15/h6-10,12,14H,4-5,11,13H2,1-3H3,(H,25,27). The molecule has 0 aliphatic heterocycles.